The fraction of sp³-hybridized carbons (Fsp3) is 0.294. The van der Waals surface area contributed by atoms with E-state index in [0.717, 1.165) is 5.69 Å². The Bertz CT molecular complexity index is 1790. The van der Waals surface area contributed by atoms with E-state index < -0.39 is 13.5 Å². The number of carbonyl (C=O) groups excluding carboxylic acids is 1. The number of hydrogen-bond acceptors (Lipinski definition) is 4. The molecule has 6 rings (SSSR count). The number of pyridine rings is 1. The Labute approximate surface area is 255 Å². The van der Waals surface area contributed by atoms with Gasteiger partial charge in [0.05, 0.1) is 0 Å². The van der Waals surface area contributed by atoms with E-state index in [9.17, 15) is 9.90 Å². The fourth-order valence-electron chi connectivity index (χ4n) is 5.19. The van der Waals surface area contributed by atoms with Crippen molar-refractivity contribution >= 4 is 66.5 Å². The molecule has 209 valence electrons. The molecule has 5 aromatic rings. The number of carbonyl (C=O) groups is 1. The summed E-state index contributed by atoms with van der Waals surface area (Å²) in [6.45, 7) is 16.1. The molecule has 0 saturated heterocycles. The summed E-state index contributed by atoms with van der Waals surface area (Å²) in [6, 6.07) is 23.4. The molecular weight excluding hydrogens is 707 g/mol. The molecule has 40 heavy (non-hydrogen) atoms. The number of benzene rings is 3. The van der Waals surface area contributed by atoms with Gasteiger partial charge < -0.3 is 10.1 Å². The number of hydrogen-bond donors (Lipinski definition) is 1. The van der Waals surface area contributed by atoms with Gasteiger partial charge in [-0.05, 0) is 32.6 Å². The molecule has 0 fully saturated rings. The molecule has 6 heteroatoms. The van der Waals surface area contributed by atoms with Crippen molar-refractivity contribution in [2.24, 2.45) is 10.8 Å². The van der Waals surface area contributed by atoms with Crippen LogP contribution in [0.4, 0.5) is 0 Å². The van der Waals surface area contributed by atoms with Crippen LogP contribution >= 0.6 is 11.3 Å². The molecule has 0 spiro atoms. The van der Waals surface area contributed by atoms with Crippen LogP contribution in [0.3, 0.4) is 0 Å². The number of allylic oxidation sites excluding steroid dienone is 2. The van der Waals surface area contributed by atoms with E-state index in [1.165, 1.54) is 53.0 Å². The minimum absolute atomic E-state index is 0. The maximum absolute atomic E-state index is 11.5. The third kappa shape index (κ3) is 5.23. The van der Waals surface area contributed by atoms with E-state index in [-0.39, 0.29) is 37.1 Å². The first-order valence-electron chi connectivity index (χ1n) is 13.4. The van der Waals surface area contributed by atoms with Gasteiger partial charge in [-0.1, -0.05) is 107 Å². The van der Waals surface area contributed by atoms with Gasteiger partial charge in [0.2, 0.25) is 0 Å². The maximum atomic E-state index is 11.5. The number of rotatable bonds is 1. The van der Waals surface area contributed by atoms with E-state index >= 15 is 0 Å². The van der Waals surface area contributed by atoms with E-state index in [1.807, 2.05) is 59.1 Å². The molecule has 0 amide bonds. The van der Waals surface area contributed by atoms with Crippen molar-refractivity contribution in [3.63, 3.8) is 0 Å². The summed E-state index contributed by atoms with van der Waals surface area (Å²) in [6.07, 6.45) is 3.37. The van der Waals surface area contributed by atoms with Crippen LogP contribution in [0.25, 0.3) is 42.2 Å². The Kier molecular flexibility index (Phi) is 8.07. The van der Waals surface area contributed by atoms with Gasteiger partial charge in [-0.3, -0.25) is 4.79 Å². The summed E-state index contributed by atoms with van der Waals surface area (Å²) in [4.78, 5) is 16.5. The van der Waals surface area contributed by atoms with Gasteiger partial charge in [-0.2, -0.15) is 11.3 Å². The van der Waals surface area contributed by atoms with Crippen LogP contribution in [0.5, 0.6) is 0 Å². The summed E-state index contributed by atoms with van der Waals surface area (Å²) in [5, 5.41) is 17.9. The molecule has 3 heterocycles. The van der Waals surface area contributed by atoms with Gasteiger partial charge in [0.25, 0.3) is 0 Å². The quantitative estimate of drug-likeness (QED) is 0.0815. The van der Waals surface area contributed by atoms with Gasteiger partial charge in [-0.15, -0.1) is 23.8 Å². The summed E-state index contributed by atoms with van der Waals surface area (Å²) in [5.41, 5.74) is 1.56. The monoisotopic (exact) mass is 743 g/mol. The second-order valence-corrected chi connectivity index (χ2v) is 18.3. The van der Waals surface area contributed by atoms with Crippen LogP contribution < -0.4 is 10.4 Å². The molecular formula is C34H36IrNO2SSi-. The summed E-state index contributed by atoms with van der Waals surface area (Å²) < 4.78 is 2.73. The minimum atomic E-state index is -1.94. The SMILES string of the molecule is CC(C)(C)C(=O)/C=C(\O)C(C)(C)C.C[Si]1(C)c2c(ncc3ccccc23)-c2[c-]ccc3sc4cccc1c4c23.[Ir]. The van der Waals surface area contributed by atoms with Crippen LogP contribution in [-0.2, 0) is 24.9 Å². The third-order valence-corrected chi connectivity index (χ3v) is 12.2. The molecule has 1 radical (unpaired) electrons. The Morgan fingerprint density at radius 2 is 1.60 bits per heavy atom. The van der Waals surface area contributed by atoms with Gasteiger partial charge in [-0.25, -0.2) is 0 Å². The van der Waals surface area contributed by atoms with Crippen LogP contribution in [-0.4, -0.2) is 23.9 Å². The second-order valence-electron chi connectivity index (χ2n) is 13.0. The largest absolute Gasteiger partial charge is 0.512 e. The van der Waals surface area contributed by atoms with E-state index in [1.54, 1.807) is 0 Å². The number of aliphatic hydroxyl groups is 1. The summed E-state index contributed by atoms with van der Waals surface area (Å²) in [5.74, 6) is 0.104. The Morgan fingerprint density at radius 1 is 0.925 bits per heavy atom. The maximum Gasteiger partial charge on any atom is 0.164 e. The standard InChI is InChI=1S/C23H16NSSi.C11H20O2.Ir/c1-26(2)19-12-6-11-18-21(19)20-16(9-5-10-17(20)25-18)22-23(26)15-8-4-3-7-14(15)13-24-22;1-10(2,3)8(12)7-9(13)11(4,5)6;/h3-8,10-13H,1-2H3;7,12H,1-6H3;/q-1;;/b;8-7-;. The zero-order valence-corrected chi connectivity index (χ0v) is 28.6. The second kappa shape index (κ2) is 10.6. The van der Waals surface area contributed by atoms with Crippen molar-refractivity contribution in [3.8, 4) is 11.3 Å². The zero-order chi connectivity index (χ0) is 28.3. The molecule has 0 aliphatic carbocycles. The van der Waals surface area contributed by atoms with Crippen LogP contribution in [0.1, 0.15) is 41.5 Å². The Balaban J connectivity index is 0.000000229. The van der Waals surface area contributed by atoms with Crippen molar-refractivity contribution < 1.29 is 30.0 Å². The zero-order valence-electron chi connectivity index (χ0n) is 24.4. The number of thiophene rings is 1. The predicted octanol–water partition coefficient (Wildman–Crippen LogP) is 8.29. The van der Waals surface area contributed by atoms with E-state index in [0.29, 0.717) is 0 Å². The van der Waals surface area contributed by atoms with Crippen molar-refractivity contribution in [3.05, 3.63) is 78.7 Å². The fourth-order valence-corrected chi connectivity index (χ4v) is 9.77. The van der Waals surface area contributed by atoms with Gasteiger partial charge >= 0.3 is 0 Å². The topological polar surface area (TPSA) is 50.2 Å². The van der Waals surface area contributed by atoms with E-state index in [2.05, 4.69) is 73.8 Å². The molecule has 2 aromatic heterocycles. The molecule has 0 atom stereocenters. The average Bonchev–Trinajstić information content (AvgIpc) is 3.22. The molecule has 3 aromatic carbocycles. The van der Waals surface area contributed by atoms with Crippen molar-refractivity contribution in [1.82, 2.24) is 4.98 Å². The van der Waals surface area contributed by atoms with Gasteiger partial charge in [0.15, 0.2) is 5.78 Å². The minimum Gasteiger partial charge on any atom is -0.512 e. The predicted molar refractivity (Wildman–Crippen MR) is 170 cm³/mol. The van der Waals surface area contributed by atoms with Crippen molar-refractivity contribution in [1.29, 1.82) is 0 Å². The van der Waals surface area contributed by atoms with Crippen LogP contribution in [0.2, 0.25) is 13.1 Å². The van der Waals surface area contributed by atoms with Crippen LogP contribution in [0, 0.1) is 16.9 Å². The number of aliphatic hydroxyl groups excluding tert-OH is 1. The van der Waals surface area contributed by atoms with Gasteiger partial charge in [0, 0.05) is 47.9 Å². The number of aromatic nitrogens is 1. The number of nitrogens with zero attached hydrogens (tertiary/aromatic N) is 1. The van der Waals surface area contributed by atoms with Crippen LogP contribution in [0.15, 0.2) is 72.6 Å². The molecule has 1 aliphatic rings. The number of ketones is 1. The molecule has 0 bridgehead atoms. The number of fused-ring (bicyclic) bond motifs is 4. The Morgan fingerprint density at radius 3 is 2.27 bits per heavy atom. The molecule has 3 nitrogen and oxygen atoms in total. The molecule has 0 unspecified atom stereocenters. The normalized spacial score (nSPS) is 14.3. The first kappa shape index (κ1) is 30.3. The molecule has 1 N–H and O–H groups in total. The third-order valence-electron chi connectivity index (χ3n) is 7.57. The van der Waals surface area contributed by atoms with E-state index in [4.69, 9.17) is 4.98 Å². The van der Waals surface area contributed by atoms with Crippen molar-refractivity contribution in [2.45, 2.75) is 54.6 Å². The van der Waals surface area contributed by atoms with Gasteiger partial charge in [0.1, 0.15) is 13.8 Å². The first-order valence-corrected chi connectivity index (χ1v) is 17.2. The smallest absolute Gasteiger partial charge is 0.164 e. The molecule has 0 saturated carbocycles. The molecule has 1 aliphatic heterocycles. The summed E-state index contributed by atoms with van der Waals surface area (Å²) in [7, 11) is -1.94. The average molecular weight is 743 g/mol. The summed E-state index contributed by atoms with van der Waals surface area (Å²) >= 11 is 1.89. The first-order chi connectivity index (χ1) is 18.2. The van der Waals surface area contributed by atoms with Crippen molar-refractivity contribution in [2.75, 3.05) is 0 Å². The Hall–Kier alpha value is -2.63.